The third kappa shape index (κ3) is 4.40. The molecule has 2 heterocycles. The van der Waals surface area contributed by atoms with Gasteiger partial charge >= 0.3 is 0 Å². The zero-order chi connectivity index (χ0) is 22.1. The molecular formula is C24H20BrN3OS3. The van der Waals surface area contributed by atoms with Gasteiger partial charge < -0.3 is 10.1 Å². The highest BCUT2D eigenvalue weighted by Crippen LogP contribution is 2.45. The third-order valence-electron chi connectivity index (χ3n) is 5.34. The van der Waals surface area contributed by atoms with E-state index in [0.29, 0.717) is 6.61 Å². The van der Waals surface area contributed by atoms with Gasteiger partial charge in [0.1, 0.15) is 22.2 Å². The van der Waals surface area contributed by atoms with Gasteiger partial charge in [-0.2, -0.15) is 5.26 Å². The molecule has 8 heteroatoms. The zero-order valence-electron chi connectivity index (χ0n) is 17.4. The van der Waals surface area contributed by atoms with Gasteiger partial charge in [-0.15, -0.1) is 22.7 Å². The zero-order valence-corrected chi connectivity index (χ0v) is 21.4. The molecule has 162 valence electrons. The van der Waals surface area contributed by atoms with Gasteiger partial charge in [-0.25, -0.2) is 4.98 Å². The minimum Gasteiger partial charge on any atom is -0.494 e. The lowest BCUT2D eigenvalue weighted by Gasteiger charge is -2.18. The number of nitrogens with one attached hydrogen (secondary N) is 1. The van der Waals surface area contributed by atoms with Crippen LogP contribution in [0.1, 0.15) is 40.3 Å². The first-order valence-electron chi connectivity index (χ1n) is 10.4. The lowest BCUT2D eigenvalue weighted by Crippen LogP contribution is -2.07. The number of hydrogen-bond acceptors (Lipinski definition) is 7. The lowest BCUT2D eigenvalue weighted by molar-refractivity contribution is 0.341. The number of nitrogens with zero attached hydrogens (tertiary/aromatic N) is 2. The van der Waals surface area contributed by atoms with Crippen LogP contribution in [0.25, 0.3) is 10.2 Å². The Morgan fingerprint density at radius 1 is 1.22 bits per heavy atom. The number of aromatic nitrogens is 1. The van der Waals surface area contributed by atoms with E-state index in [2.05, 4.69) is 57.6 Å². The highest BCUT2D eigenvalue weighted by Gasteiger charge is 2.25. The summed E-state index contributed by atoms with van der Waals surface area (Å²) in [5, 5.41) is 14.4. The maximum Gasteiger partial charge on any atom is 0.153 e. The molecule has 1 atom stereocenters. The number of benzene rings is 2. The van der Waals surface area contributed by atoms with E-state index in [4.69, 9.17) is 9.72 Å². The van der Waals surface area contributed by atoms with Gasteiger partial charge in [0, 0.05) is 9.35 Å². The molecule has 4 nitrogen and oxygen atoms in total. The van der Waals surface area contributed by atoms with Gasteiger partial charge in [-0.05, 0) is 67.6 Å². The first-order valence-corrected chi connectivity index (χ1v) is 13.7. The number of nitriles is 1. The second kappa shape index (κ2) is 9.44. The molecule has 0 fully saturated rings. The van der Waals surface area contributed by atoms with Crippen molar-refractivity contribution in [2.24, 2.45) is 0 Å². The van der Waals surface area contributed by atoms with Crippen LogP contribution < -0.4 is 10.1 Å². The molecule has 0 bridgehead atoms. The minimum absolute atomic E-state index is 0.0547. The first-order chi connectivity index (χ1) is 15.6. The molecule has 0 saturated carbocycles. The van der Waals surface area contributed by atoms with Crippen LogP contribution in [-0.4, -0.2) is 11.6 Å². The summed E-state index contributed by atoms with van der Waals surface area (Å²) < 4.78 is 8.78. The van der Waals surface area contributed by atoms with E-state index >= 15 is 0 Å². The Hall–Kier alpha value is -2.05. The Bertz CT molecular complexity index is 1310. The van der Waals surface area contributed by atoms with Crippen molar-refractivity contribution in [2.75, 3.05) is 11.9 Å². The number of ether oxygens (including phenoxy) is 1. The van der Waals surface area contributed by atoms with Gasteiger partial charge in [0.2, 0.25) is 0 Å². The number of thioether (sulfide) groups is 1. The average molecular weight is 543 g/mol. The number of fused-ring (bicyclic) bond motifs is 2. The number of anilines is 1. The molecule has 0 radical (unpaired) electrons. The number of halogens is 1. The van der Waals surface area contributed by atoms with Gasteiger partial charge in [0.25, 0.3) is 0 Å². The number of thiophene rings is 1. The summed E-state index contributed by atoms with van der Waals surface area (Å²) >= 11 is 8.62. The molecule has 5 rings (SSSR count). The quantitative estimate of drug-likeness (QED) is 0.191. The SMILES string of the molecule is CCOc1ccc2nc(S[C@H](Nc3sc4c(c3C#N)CCC4)c3ccc(Br)cc3)sc2c1. The number of rotatable bonds is 7. The molecule has 0 aliphatic heterocycles. The van der Waals surface area contributed by atoms with Crippen molar-refractivity contribution in [1.29, 1.82) is 5.26 Å². The molecule has 1 aliphatic carbocycles. The highest BCUT2D eigenvalue weighted by molar-refractivity contribution is 9.10. The maximum atomic E-state index is 9.83. The predicted molar refractivity (Wildman–Crippen MR) is 138 cm³/mol. The number of aryl methyl sites for hydroxylation is 1. The second-order valence-electron chi connectivity index (χ2n) is 7.41. The van der Waals surface area contributed by atoms with Crippen LogP contribution in [0, 0.1) is 11.3 Å². The predicted octanol–water partition coefficient (Wildman–Crippen LogP) is 7.78. The van der Waals surface area contributed by atoms with E-state index in [-0.39, 0.29) is 5.37 Å². The number of hydrogen-bond donors (Lipinski definition) is 1. The average Bonchev–Trinajstić information content (AvgIpc) is 3.48. The van der Waals surface area contributed by atoms with Crippen LogP contribution >= 0.6 is 50.4 Å². The lowest BCUT2D eigenvalue weighted by atomic mass is 10.1. The minimum atomic E-state index is -0.0547. The van der Waals surface area contributed by atoms with E-state index in [1.165, 1.54) is 10.4 Å². The molecule has 4 aromatic rings. The Kier molecular flexibility index (Phi) is 6.42. The molecule has 0 saturated heterocycles. The Morgan fingerprint density at radius 2 is 2.06 bits per heavy atom. The number of thiazole rings is 1. The molecule has 0 amide bonds. The summed E-state index contributed by atoms with van der Waals surface area (Å²) in [6.45, 7) is 2.63. The van der Waals surface area contributed by atoms with Crippen LogP contribution in [0.3, 0.4) is 0 Å². The molecule has 32 heavy (non-hydrogen) atoms. The molecule has 2 aromatic heterocycles. The normalized spacial score (nSPS) is 13.7. The van der Waals surface area contributed by atoms with Crippen LogP contribution in [-0.2, 0) is 12.8 Å². The smallest absolute Gasteiger partial charge is 0.153 e. The van der Waals surface area contributed by atoms with E-state index in [1.807, 2.05) is 19.1 Å². The fourth-order valence-corrected chi connectivity index (χ4v) is 7.76. The summed E-state index contributed by atoms with van der Waals surface area (Å²) in [6, 6.07) is 16.8. The van der Waals surface area contributed by atoms with Crippen LogP contribution in [0.4, 0.5) is 5.00 Å². The topological polar surface area (TPSA) is 57.9 Å². The van der Waals surface area contributed by atoms with Gasteiger partial charge in [0.05, 0.1) is 22.4 Å². The van der Waals surface area contributed by atoms with Crippen molar-refractivity contribution >= 4 is 65.6 Å². The highest BCUT2D eigenvalue weighted by atomic mass is 79.9. The summed E-state index contributed by atoms with van der Waals surface area (Å²) in [6.07, 6.45) is 3.23. The van der Waals surface area contributed by atoms with E-state index in [9.17, 15) is 5.26 Å². The standard InChI is InChI=1S/C24H20BrN3OS3/c1-2-29-16-10-11-19-21(12-16)31-24(27-19)32-22(14-6-8-15(25)9-7-14)28-23-18(13-26)17-4-3-5-20(17)30-23/h6-12,22,28H,2-5H2,1H3/t22-/m0/s1. The largest absolute Gasteiger partial charge is 0.494 e. The van der Waals surface area contributed by atoms with Gasteiger partial charge in [-0.1, -0.05) is 39.8 Å². The van der Waals surface area contributed by atoms with Crippen LogP contribution in [0.5, 0.6) is 5.75 Å². The summed E-state index contributed by atoms with van der Waals surface area (Å²) in [5.41, 5.74) is 4.17. The van der Waals surface area contributed by atoms with Crippen molar-refractivity contribution in [2.45, 2.75) is 35.9 Å². The van der Waals surface area contributed by atoms with Gasteiger partial charge in [-0.3, -0.25) is 0 Å². The summed E-state index contributed by atoms with van der Waals surface area (Å²) in [7, 11) is 0. The van der Waals surface area contributed by atoms with Gasteiger partial charge in [0.15, 0.2) is 4.34 Å². The monoisotopic (exact) mass is 541 g/mol. The Morgan fingerprint density at radius 3 is 2.84 bits per heavy atom. The Labute approximate surface area is 207 Å². The molecule has 1 aliphatic rings. The molecule has 2 aromatic carbocycles. The van der Waals surface area contributed by atoms with Crippen molar-refractivity contribution in [1.82, 2.24) is 4.98 Å². The van der Waals surface area contributed by atoms with Crippen molar-refractivity contribution in [3.63, 3.8) is 0 Å². The van der Waals surface area contributed by atoms with Crippen molar-refractivity contribution in [3.05, 3.63) is 68.5 Å². The summed E-state index contributed by atoms with van der Waals surface area (Å²) in [4.78, 5) is 6.20. The van der Waals surface area contributed by atoms with Crippen molar-refractivity contribution < 1.29 is 4.74 Å². The van der Waals surface area contributed by atoms with E-state index < -0.39 is 0 Å². The molecule has 1 N–H and O–H groups in total. The molecule has 0 spiro atoms. The first kappa shape index (κ1) is 21.8. The molecular weight excluding hydrogens is 522 g/mol. The van der Waals surface area contributed by atoms with E-state index in [0.717, 1.165) is 60.2 Å². The second-order valence-corrected chi connectivity index (χ2v) is 11.8. The maximum absolute atomic E-state index is 9.83. The van der Waals surface area contributed by atoms with E-state index in [1.54, 1.807) is 34.4 Å². The fourth-order valence-electron chi connectivity index (χ4n) is 3.85. The third-order valence-corrected chi connectivity index (χ3v) is 9.36. The summed E-state index contributed by atoms with van der Waals surface area (Å²) in [5.74, 6) is 0.870. The van der Waals surface area contributed by atoms with Crippen molar-refractivity contribution in [3.8, 4) is 11.8 Å². The fraction of sp³-hybridized carbons (Fsp3) is 0.250. The Balaban J connectivity index is 1.48. The molecule has 0 unspecified atom stereocenters. The van der Waals surface area contributed by atoms with Crippen LogP contribution in [0.2, 0.25) is 0 Å². The van der Waals surface area contributed by atoms with Crippen LogP contribution in [0.15, 0.2) is 51.3 Å².